The molecule has 1 saturated heterocycles. The van der Waals surface area contributed by atoms with Crippen LogP contribution in [0.25, 0.3) is 0 Å². The van der Waals surface area contributed by atoms with Crippen molar-refractivity contribution in [3.05, 3.63) is 29.8 Å². The number of urea groups is 1. The van der Waals surface area contributed by atoms with Crippen molar-refractivity contribution < 1.29 is 22.8 Å². The Morgan fingerprint density at radius 2 is 1.90 bits per heavy atom. The number of piperazine rings is 1. The van der Waals surface area contributed by atoms with Gasteiger partial charge in [0.2, 0.25) is 0 Å². The Morgan fingerprint density at radius 1 is 1.21 bits per heavy atom. The van der Waals surface area contributed by atoms with Crippen molar-refractivity contribution in [3.63, 3.8) is 0 Å². The van der Waals surface area contributed by atoms with E-state index in [1.165, 1.54) is 17.0 Å². The number of alkyl halides is 3. The molecule has 1 heterocycles. The maximum absolute atomic E-state index is 13.4. The summed E-state index contributed by atoms with van der Waals surface area (Å²) in [6.45, 7) is 0.988. The SMILES string of the molecule is Cl.O=C(Nc1cccc(C(=O)NCC(N2CCNCC2)C(F)(F)F)c1)NC1CC1. The van der Waals surface area contributed by atoms with Gasteiger partial charge in [-0.05, 0) is 31.0 Å². The number of rotatable bonds is 6. The van der Waals surface area contributed by atoms with Gasteiger partial charge in [0.25, 0.3) is 5.91 Å². The van der Waals surface area contributed by atoms with Crippen LogP contribution in [0.3, 0.4) is 0 Å². The van der Waals surface area contributed by atoms with E-state index < -0.39 is 24.7 Å². The quantitative estimate of drug-likeness (QED) is 0.550. The maximum Gasteiger partial charge on any atom is 0.405 e. The summed E-state index contributed by atoms with van der Waals surface area (Å²) in [5.41, 5.74) is 0.589. The number of carbonyl (C=O) groups is 2. The van der Waals surface area contributed by atoms with E-state index in [0.29, 0.717) is 18.8 Å². The van der Waals surface area contributed by atoms with Crippen LogP contribution >= 0.6 is 12.4 Å². The zero-order valence-corrected chi connectivity index (χ0v) is 16.5. The van der Waals surface area contributed by atoms with E-state index in [9.17, 15) is 22.8 Å². The van der Waals surface area contributed by atoms with Gasteiger partial charge in [0.1, 0.15) is 6.04 Å². The first kappa shape index (κ1) is 23.2. The fourth-order valence-electron chi connectivity index (χ4n) is 3.06. The lowest BCUT2D eigenvalue weighted by molar-refractivity contribution is -0.183. The first-order chi connectivity index (χ1) is 13.3. The van der Waals surface area contributed by atoms with Crippen molar-refractivity contribution in [3.8, 4) is 0 Å². The molecule has 4 N–H and O–H groups in total. The fraction of sp³-hybridized carbons (Fsp3) is 0.556. The molecule has 1 aromatic carbocycles. The molecule has 7 nitrogen and oxygen atoms in total. The van der Waals surface area contributed by atoms with Crippen LogP contribution in [0, 0.1) is 0 Å². The van der Waals surface area contributed by atoms with Crippen LogP contribution in [-0.4, -0.2) is 67.8 Å². The van der Waals surface area contributed by atoms with Gasteiger partial charge in [0, 0.05) is 50.0 Å². The van der Waals surface area contributed by atoms with Crippen LogP contribution in [0.5, 0.6) is 0 Å². The van der Waals surface area contributed by atoms with Gasteiger partial charge in [-0.25, -0.2) is 4.79 Å². The number of anilines is 1. The Kier molecular flexibility index (Phi) is 8.12. The highest BCUT2D eigenvalue weighted by molar-refractivity contribution is 5.97. The fourth-order valence-corrected chi connectivity index (χ4v) is 3.06. The molecule has 0 spiro atoms. The molecule has 3 rings (SSSR count). The molecule has 3 amide bonds. The molecular weight excluding hydrogens is 411 g/mol. The predicted octanol–water partition coefficient (Wildman–Crippen LogP) is 1.96. The smallest absolute Gasteiger partial charge is 0.350 e. The van der Waals surface area contributed by atoms with Gasteiger partial charge in [0.05, 0.1) is 0 Å². The summed E-state index contributed by atoms with van der Waals surface area (Å²) in [7, 11) is 0. The van der Waals surface area contributed by atoms with Crippen LogP contribution in [-0.2, 0) is 0 Å². The van der Waals surface area contributed by atoms with E-state index in [1.54, 1.807) is 12.1 Å². The maximum atomic E-state index is 13.4. The average molecular weight is 436 g/mol. The highest BCUT2D eigenvalue weighted by atomic mass is 35.5. The zero-order valence-electron chi connectivity index (χ0n) is 15.7. The summed E-state index contributed by atoms with van der Waals surface area (Å²) in [4.78, 5) is 25.5. The van der Waals surface area contributed by atoms with Crippen LogP contribution in [0.4, 0.5) is 23.7 Å². The van der Waals surface area contributed by atoms with E-state index >= 15 is 0 Å². The molecule has 1 atom stereocenters. The Hall–Kier alpha value is -2.04. The minimum atomic E-state index is -4.44. The van der Waals surface area contributed by atoms with Crippen LogP contribution < -0.4 is 21.3 Å². The summed E-state index contributed by atoms with van der Waals surface area (Å²) in [5.74, 6) is -0.615. The van der Waals surface area contributed by atoms with Gasteiger partial charge >= 0.3 is 12.2 Å². The van der Waals surface area contributed by atoms with E-state index in [0.717, 1.165) is 12.8 Å². The molecule has 1 aromatic rings. The average Bonchev–Trinajstić information content (AvgIpc) is 3.45. The number of carbonyl (C=O) groups excluding carboxylic acids is 2. The summed E-state index contributed by atoms with van der Waals surface area (Å²) in [5, 5.41) is 10.8. The number of hydrogen-bond donors (Lipinski definition) is 4. The molecule has 1 saturated carbocycles. The number of hydrogen-bond acceptors (Lipinski definition) is 4. The van der Waals surface area contributed by atoms with Gasteiger partial charge in [-0.15, -0.1) is 12.4 Å². The summed E-state index contributed by atoms with van der Waals surface area (Å²) >= 11 is 0. The lowest BCUT2D eigenvalue weighted by Crippen LogP contribution is -2.57. The minimum absolute atomic E-state index is 0. The minimum Gasteiger partial charge on any atom is -0.350 e. The normalized spacial score (nSPS) is 18.3. The topological polar surface area (TPSA) is 85.5 Å². The molecule has 2 aliphatic rings. The van der Waals surface area contributed by atoms with E-state index in [1.807, 2.05) is 0 Å². The van der Waals surface area contributed by atoms with Gasteiger partial charge < -0.3 is 21.3 Å². The second-order valence-electron chi connectivity index (χ2n) is 7.01. The standard InChI is InChI=1S/C18H24F3N5O2.ClH/c19-18(20,21)15(26-8-6-22-7-9-26)11-23-16(27)12-2-1-3-14(10-12)25-17(28)24-13-4-5-13;/h1-3,10,13,15,22H,4-9,11H2,(H,23,27)(H2,24,25,28);1H. The molecule has 0 bridgehead atoms. The number of nitrogens with zero attached hydrogens (tertiary/aromatic N) is 1. The van der Waals surface area contributed by atoms with Crippen molar-refractivity contribution >= 4 is 30.0 Å². The van der Waals surface area contributed by atoms with Crippen molar-refractivity contribution in [1.82, 2.24) is 20.9 Å². The Labute approximate surface area is 173 Å². The lowest BCUT2D eigenvalue weighted by Gasteiger charge is -2.35. The number of benzene rings is 1. The highest BCUT2D eigenvalue weighted by Gasteiger charge is 2.43. The first-order valence-corrected chi connectivity index (χ1v) is 9.30. The second kappa shape index (κ2) is 10.1. The van der Waals surface area contributed by atoms with Gasteiger partial charge in [-0.2, -0.15) is 13.2 Å². The zero-order chi connectivity index (χ0) is 20.1. The molecule has 162 valence electrons. The first-order valence-electron chi connectivity index (χ1n) is 9.30. The molecule has 11 heteroatoms. The molecular formula is C18H25ClF3N5O2. The second-order valence-corrected chi connectivity index (χ2v) is 7.01. The van der Waals surface area contributed by atoms with Gasteiger partial charge in [-0.1, -0.05) is 6.07 Å². The van der Waals surface area contributed by atoms with E-state index in [4.69, 9.17) is 0 Å². The molecule has 0 radical (unpaired) electrons. The Balaban J connectivity index is 0.00000300. The van der Waals surface area contributed by atoms with Crippen LogP contribution in [0.1, 0.15) is 23.2 Å². The third-order valence-corrected chi connectivity index (χ3v) is 4.72. The molecule has 0 aromatic heterocycles. The van der Waals surface area contributed by atoms with Gasteiger partial charge in [-0.3, -0.25) is 9.69 Å². The van der Waals surface area contributed by atoms with Crippen molar-refractivity contribution in [2.24, 2.45) is 0 Å². The van der Waals surface area contributed by atoms with E-state index in [-0.39, 0.29) is 43.1 Å². The number of halogens is 4. The number of nitrogens with one attached hydrogen (secondary N) is 4. The Morgan fingerprint density at radius 3 is 2.52 bits per heavy atom. The molecule has 1 aliphatic carbocycles. The van der Waals surface area contributed by atoms with Crippen molar-refractivity contribution in [2.75, 3.05) is 38.0 Å². The molecule has 2 fully saturated rings. The Bertz CT molecular complexity index is 709. The van der Waals surface area contributed by atoms with Crippen molar-refractivity contribution in [1.29, 1.82) is 0 Å². The highest BCUT2D eigenvalue weighted by Crippen LogP contribution is 2.25. The van der Waals surface area contributed by atoms with Crippen molar-refractivity contribution in [2.45, 2.75) is 31.1 Å². The summed E-state index contributed by atoms with van der Waals surface area (Å²) < 4.78 is 40.2. The summed E-state index contributed by atoms with van der Waals surface area (Å²) in [6, 6.07) is 4.21. The monoisotopic (exact) mass is 435 g/mol. The largest absolute Gasteiger partial charge is 0.405 e. The van der Waals surface area contributed by atoms with Crippen LogP contribution in [0.15, 0.2) is 24.3 Å². The third-order valence-electron chi connectivity index (χ3n) is 4.72. The molecule has 1 aliphatic heterocycles. The predicted molar refractivity (Wildman–Crippen MR) is 105 cm³/mol. The van der Waals surface area contributed by atoms with Gasteiger partial charge in [0.15, 0.2) is 0 Å². The van der Waals surface area contributed by atoms with E-state index in [2.05, 4.69) is 21.3 Å². The lowest BCUT2D eigenvalue weighted by atomic mass is 10.1. The molecule has 1 unspecified atom stereocenters. The third kappa shape index (κ3) is 7.06. The summed E-state index contributed by atoms with van der Waals surface area (Å²) in [6.07, 6.45) is -2.54. The number of amides is 3. The van der Waals surface area contributed by atoms with Crippen LogP contribution in [0.2, 0.25) is 0 Å². The molecule has 29 heavy (non-hydrogen) atoms.